The number of thioether (sulfide) groups is 1. The van der Waals surface area contributed by atoms with Crippen molar-refractivity contribution in [1.82, 2.24) is 4.90 Å². The predicted octanol–water partition coefficient (Wildman–Crippen LogP) is 2.09. The Balaban J connectivity index is 0.000000451. The Morgan fingerprint density at radius 1 is 1.09 bits per heavy atom. The van der Waals surface area contributed by atoms with Crippen LogP contribution in [-0.2, 0) is 14.9 Å². The summed E-state index contributed by atoms with van der Waals surface area (Å²) in [5.74, 6) is -0.632. The Bertz CT molecular complexity index is 996. The molecule has 1 saturated heterocycles. The van der Waals surface area contributed by atoms with Crippen LogP contribution in [0.3, 0.4) is 0 Å². The highest BCUT2D eigenvalue weighted by Crippen LogP contribution is 2.39. The zero-order valence-corrected chi connectivity index (χ0v) is 21.4. The SMILES string of the molecule is CC[NH+](CC)CC.CN1C(=O)/C(=C2/C=Cc3ccccc3N2CCCS(=O)(=O)[O-])SC1=S. The number of anilines is 1. The molecule has 3 rings (SSSR count). The first-order valence-corrected chi connectivity index (χ1v) is 13.5. The Kier molecular flexibility index (Phi) is 9.90. The van der Waals surface area contributed by atoms with Crippen molar-refractivity contribution in [3.05, 3.63) is 46.5 Å². The highest BCUT2D eigenvalue weighted by atomic mass is 32.2. The number of thiocarbonyl (C=S) groups is 1. The molecular formula is C22H31N3O4S3. The van der Waals surface area contributed by atoms with E-state index in [1.54, 1.807) is 11.9 Å². The summed E-state index contributed by atoms with van der Waals surface area (Å²) in [6, 6.07) is 7.61. The number of carbonyl (C=O) groups is 1. The van der Waals surface area contributed by atoms with E-state index in [1.807, 2.05) is 41.3 Å². The van der Waals surface area contributed by atoms with Gasteiger partial charge in [0.15, 0.2) is 0 Å². The van der Waals surface area contributed by atoms with Crippen LogP contribution in [0.25, 0.3) is 6.08 Å². The summed E-state index contributed by atoms with van der Waals surface area (Å²) in [4.78, 5) is 17.9. The van der Waals surface area contributed by atoms with Crippen molar-refractivity contribution >= 4 is 56.1 Å². The molecule has 0 atom stereocenters. The fourth-order valence-corrected chi connectivity index (χ4v) is 5.16. The smallest absolute Gasteiger partial charge is 0.268 e. The molecule has 32 heavy (non-hydrogen) atoms. The highest BCUT2D eigenvalue weighted by Gasteiger charge is 2.34. The summed E-state index contributed by atoms with van der Waals surface area (Å²) in [5, 5.41) is 0. The number of hydrogen-bond acceptors (Lipinski definition) is 7. The lowest BCUT2D eigenvalue weighted by atomic mass is 10.1. The molecule has 2 aliphatic rings. The van der Waals surface area contributed by atoms with E-state index < -0.39 is 15.9 Å². The normalized spacial score (nSPS) is 18.2. The predicted molar refractivity (Wildman–Crippen MR) is 135 cm³/mol. The Labute approximate surface area is 200 Å². The average Bonchev–Trinajstić information content (AvgIpc) is 3.02. The van der Waals surface area contributed by atoms with Crippen LogP contribution < -0.4 is 9.80 Å². The maximum absolute atomic E-state index is 12.5. The van der Waals surface area contributed by atoms with Crippen LogP contribution in [0, 0.1) is 0 Å². The van der Waals surface area contributed by atoms with E-state index >= 15 is 0 Å². The monoisotopic (exact) mass is 497 g/mol. The van der Waals surface area contributed by atoms with Crippen molar-refractivity contribution < 1.29 is 22.7 Å². The number of benzene rings is 1. The zero-order valence-electron chi connectivity index (χ0n) is 19.0. The lowest BCUT2D eigenvalue weighted by Crippen LogP contribution is -3.11. The summed E-state index contributed by atoms with van der Waals surface area (Å²) in [6.45, 7) is 10.8. The molecule has 0 bridgehead atoms. The fraction of sp³-hybridized carbons (Fsp3) is 0.455. The number of allylic oxidation sites excluding steroid dienone is 1. The van der Waals surface area contributed by atoms with E-state index in [0.29, 0.717) is 21.5 Å². The molecule has 0 aliphatic carbocycles. The van der Waals surface area contributed by atoms with Gasteiger partial charge in [0.2, 0.25) is 0 Å². The molecule has 176 valence electrons. The van der Waals surface area contributed by atoms with Gasteiger partial charge in [0, 0.05) is 25.0 Å². The molecule has 1 amide bonds. The molecule has 2 heterocycles. The number of carbonyl (C=O) groups excluding carboxylic acids is 1. The Morgan fingerprint density at radius 2 is 1.72 bits per heavy atom. The van der Waals surface area contributed by atoms with Crippen molar-refractivity contribution in [2.45, 2.75) is 27.2 Å². The van der Waals surface area contributed by atoms with Gasteiger partial charge in [-0.15, -0.1) is 0 Å². The number of rotatable bonds is 7. The molecule has 1 N–H and O–H groups in total. The Hall–Kier alpha value is -1.72. The molecule has 0 spiro atoms. The van der Waals surface area contributed by atoms with Crippen LogP contribution in [0.15, 0.2) is 40.9 Å². The molecule has 1 aromatic rings. The summed E-state index contributed by atoms with van der Waals surface area (Å²) >= 11 is 6.41. The summed E-state index contributed by atoms with van der Waals surface area (Å²) in [7, 11) is -2.65. The zero-order chi connectivity index (χ0) is 23.9. The first kappa shape index (κ1) is 26.5. The number of fused-ring (bicyclic) bond motifs is 1. The van der Waals surface area contributed by atoms with Gasteiger partial charge in [-0.05, 0) is 44.9 Å². The van der Waals surface area contributed by atoms with E-state index in [1.165, 1.54) is 36.3 Å². The second-order valence-corrected chi connectivity index (χ2v) is 10.6. The molecule has 1 fully saturated rings. The van der Waals surface area contributed by atoms with Gasteiger partial charge < -0.3 is 14.4 Å². The summed E-state index contributed by atoms with van der Waals surface area (Å²) < 4.78 is 33.2. The second-order valence-electron chi connectivity index (χ2n) is 7.42. The number of nitrogens with zero attached hydrogens (tertiary/aromatic N) is 2. The topological polar surface area (TPSA) is 85.2 Å². The lowest BCUT2D eigenvalue weighted by Gasteiger charge is -2.31. The third-order valence-corrected chi connectivity index (χ3v) is 7.76. The summed E-state index contributed by atoms with van der Waals surface area (Å²) in [5.41, 5.74) is 2.50. The number of hydrogen-bond donors (Lipinski definition) is 1. The van der Waals surface area contributed by atoms with Crippen molar-refractivity contribution in [3.8, 4) is 0 Å². The molecule has 1 aromatic carbocycles. The van der Waals surface area contributed by atoms with Gasteiger partial charge in [0.1, 0.15) is 9.23 Å². The molecule has 0 radical (unpaired) electrons. The molecule has 2 aliphatic heterocycles. The standard InChI is InChI=1S/C16H16N2O4S3.C6H15N/c1-17-15(19)14(24-16(17)23)13-8-7-11-5-2-3-6-12(11)18(13)9-4-10-25(20,21)22;1-4-7(5-2)6-3/h2-3,5-8H,4,9-10H2,1H3,(H,20,21,22);4-6H2,1-3H3/b14-13+;. The number of amides is 1. The average molecular weight is 498 g/mol. The van der Waals surface area contributed by atoms with Crippen LogP contribution in [-0.4, -0.2) is 67.1 Å². The van der Waals surface area contributed by atoms with Gasteiger partial charge in [-0.25, -0.2) is 8.42 Å². The molecule has 0 saturated carbocycles. The van der Waals surface area contributed by atoms with E-state index in [4.69, 9.17) is 12.2 Å². The van der Waals surface area contributed by atoms with Crippen LogP contribution >= 0.6 is 24.0 Å². The largest absolute Gasteiger partial charge is 0.748 e. The molecule has 10 heteroatoms. The van der Waals surface area contributed by atoms with Crippen molar-refractivity contribution in [2.75, 3.05) is 43.9 Å². The van der Waals surface area contributed by atoms with Gasteiger partial charge in [-0.2, -0.15) is 0 Å². The van der Waals surface area contributed by atoms with Gasteiger partial charge in [0.25, 0.3) is 5.91 Å². The molecule has 7 nitrogen and oxygen atoms in total. The van der Waals surface area contributed by atoms with Gasteiger partial charge >= 0.3 is 0 Å². The van der Waals surface area contributed by atoms with E-state index in [9.17, 15) is 17.8 Å². The van der Waals surface area contributed by atoms with Crippen LogP contribution in [0.5, 0.6) is 0 Å². The van der Waals surface area contributed by atoms with Gasteiger partial charge in [-0.1, -0.05) is 48.3 Å². The minimum Gasteiger partial charge on any atom is -0.748 e. The van der Waals surface area contributed by atoms with E-state index in [2.05, 4.69) is 20.8 Å². The third kappa shape index (κ3) is 6.89. The minimum absolute atomic E-state index is 0.171. The number of likely N-dealkylation sites (N-methyl/N-ethyl adjacent to an activating group) is 1. The lowest BCUT2D eigenvalue weighted by molar-refractivity contribution is -0.894. The number of nitrogens with one attached hydrogen (secondary N) is 1. The molecule has 0 aromatic heterocycles. The number of para-hydroxylation sites is 1. The second kappa shape index (κ2) is 11.9. The van der Waals surface area contributed by atoms with Gasteiger partial charge in [0.05, 0.1) is 35.4 Å². The van der Waals surface area contributed by atoms with Crippen LogP contribution in [0.1, 0.15) is 32.8 Å². The van der Waals surface area contributed by atoms with Crippen molar-refractivity contribution in [2.24, 2.45) is 0 Å². The van der Waals surface area contributed by atoms with Crippen LogP contribution in [0.4, 0.5) is 5.69 Å². The molecular weight excluding hydrogens is 466 g/mol. The van der Waals surface area contributed by atoms with Crippen molar-refractivity contribution in [3.63, 3.8) is 0 Å². The van der Waals surface area contributed by atoms with Gasteiger partial charge in [-0.3, -0.25) is 9.69 Å². The highest BCUT2D eigenvalue weighted by molar-refractivity contribution is 8.26. The Morgan fingerprint density at radius 3 is 2.22 bits per heavy atom. The number of quaternary nitrogens is 1. The third-order valence-electron chi connectivity index (χ3n) is 5.41. The summed E-state index contributed by atoms with van der Waals surface area (Å²) in [6.07, 6.45) is 3.91. The van der Waals surface area contributed by atoms with Crippen LogP contribution in [0.2, 0.25) is 0 Å². The first-order chi connectivity index (χ1) is 15.1. The quantitative estimate of drug-likeness (QED) is 0.351. The maximum atomic E-state index is 12.5. The van der Waals surface area contributed by atoms with E-state index in [-0.39, 0.29) is 12.3 Å². The first-order valence-electron chi connectivity index (χ1n) is 10.7. The minimum atomic E-state index is -4.28. The molecule has 0 unspecified atom stereocenters. The fourth-order valence-electron chi connectivity index (χ4n) is 3.45. The van der Waals surface area contributed by atoms with Crippen molar-refractivity contribution in [1.29, 1.82) is 0 Å². The maximum Gasteiger partial charge on any atom is 0.268 e. The van der Waals surface area contributed by atoms with E-state index in [0.717, 1.165) is 11.3 Å².